The van der Waals surface area contributed by atoms with Crippen LogP contribution in [0.15, 0.2) is 64.5 Å². The predicted molar refractivity (Wildman–Crippen MR) is 122 cm³/mol. The second kappa shape index (κ2) is 11.1. The number of nitrogens with zero attached hydrogens (tertiary/aromatic N) is 2. The average Bonchev–Trinajstić information content (AvgIpc) is 2.77. The highest BCUT2D eigenvalue weighted by atomic mass is 32.2. The van der Waals surface area contributed by atoms with Crippen molar-refractivity contribution in [3.63, 3.8) is 0 Å². The monoisotopic (exact) mass is 420 g/mol. The Balaban J connectivity index is 1.51. The molecule has 0 aliphatic rings. The van der Waals surface area contributed by atoms with E-state index in [4.69, 9.17) is 0 Å². The molecule has 0 bridgehead atoms. The van der Waals surface area contributed by atoms with E-state index >= 15 is 0 Å². The number of H-pyrrole nitrogens is 1. The first-order valence-corrected chi connectivity index (χ1v) is 10.8. The summed E-state index contributed by atoms with van der Waals surface area (Å²) < 4.78 is 0. The second-order valence-corrected chi connectivity index (χ2v) is 7.69. The summed E-state index contributed by atoms with van der Waals surface area (Å²) in [6.07, 6.45) is 6.77. The zero-order chi connectivity index (χ0) is 21.2. The van der Waals surface area contributed by atoms with Crippen LogP contribution in [0.5, 0.6) is 0 Å². The van der Waals surface area contributed by atoms with Crippen molar-refractivity contribution in [2.45, 2.75) is 31.3 Å². The molecule has 1 heterocycles. The van der Waals surface area contributed by atoms with Crippen LogP contribution >= 0.6 is 11.8 Å². The second-order valence-electron chi connectivity index (χ2n) is 6.73. The number of amides is 1. The average molecular weight is 421 g/mol. The first kappa shape index (κ1) is 21.5. The van der Waals surface area contributed by atoms with Crippen molar-refractivity contribution in [1.82, 2.24) is 15.2 Å². The number of unbranched alkanes of at least 4 members (excludes halogenated alkanes) is 1. The molecule has 0 aliphatic carbocycles. The van der Waals surface area contributed by atoms with Crippen LogP contribution in [0.3, 0.4) is 0 Å². The number of anilines is 1. The Bertz CT molecular complexity index is 1050. The Morgan fingerprint density at radius 3 is 2.53 bits per heavy atom. The molecule has 0 aliphatic heterocycles. The van der Waals surface area contributed by atoms with Crippen LogP contribution < -0.4 is 10.9 Å². The fourth-order valence-corrected chi connectivity index (χ4v) is 3.31. The van der Waals surface area contributed by atoms with Gasteiger partial charge in [-0.05, 0) is 42.2 Å². The third kappa shape index (κ3) is 6.70. The van der Waals surface area contributed by atoms with Crippen molar-refractivity contribution < 1.29 is 4.79 Å². The van der Waals surface area contributed by atoms with Gasteiger partial charge in [-0.25, -0.2) is 0 Å². The Morgan fingerprint density at radius 2 is 1.83 bits per heavy atom. The van der Waals surface area contributed by atoms with Crippen molar-refractivity contribution in [2.75, 3.05) is 11.1 Å². The fourth-order valence-electron chi connectivity index (χ4n) is 2.71. The van der Waals surface area contributed by atoms with Crippen LogP contribution in [0, 0.1) is 0 Å². The zero-order valence-corrected chi connectivity index (χ0v) is 17.6. The van der Waals surface area contributed by atoms with Crippen LogP contribution in [-0.2, 0) is 11.2 Å². The molecule has 3 aromatic rings. The number of carbonyl (C=O) groups is 1. The number of hydrogen-bond acceptors (Lipinski definition) is 5. The molecule has 1 amide bonds. The Labute approximate surface area is 179 Å². The molecule has 0 fully saturated rings. The summed E-state index contributed by atoms with van der Waals surface area (Å²) in [6.45, 7) is 2.17. The fraction of sp³-hybridized carbons (Fsp3) is 0.217. The van der Waals surface area contributed by atoms with Crippen LogP contribution in [0.4, 0.5) is 5.69 Å². The van der Waals surface area contributed by atoms with Gasteiger partial charge in [-0.3, -0.25) is 14.6 Å². The van der Waals surface area contributed by atoms with E-state index < -0.39 is 0 Å². The van der Waals surface area contributed by atoms with E-state index in [0.717, 1.165) is 42.3 Å². The summed E-state index contributed by atoms with van der Waals surface area (Å²) >= 11 is 1.13. The lowest BCUT2D eigenvalue weighted by Gasteiger charge is -2.06. The molecule has 0 radical (unpaired) electrons. The molecule has 3 rings (SSSR count). The SMILES string of the molecule is CCCCc1ccc(NC(=O)CSc2nnc(/C=C/c3ccccc3)c(=O)[nH]2)cc1. The number of rotatable bonds is 9. The van der Waals surface area contributed by atoms with Gasteiger partial charge in [0.2, 0.25) is 5.91 Å². The predicted octanol–water partition coefficient (Wildman–Crippen LogP) is 4.41. The molecule has 7 heteroatoms. The maximum absolute atomic E-state index is 12.2. The summed E-state index contributed by atoms with van der Waals surface area (Å²) in [5.74, 6) is -0.0430. The number of thioether (sulfide) groups is 1. The zero-order valence-electron chi connectivity index (χ0n) is 16.8. The van der Waals surface area contributed by atoms with Crippen molar-refractivity contribution in [3.8, 4) is 0 Å². The van der Waals surface area contributed by atoms with Crippen LogP contribution in [-0.4, -0.2) is 26.8 Å². The molecular formula is C23H24N4O2S. The molecule has 154 valence electrons. The molecular weight excluding hydrogens is 396 g/mol. The molecule has 0 saturated heterocycles. The molecule has 0 atom stereocenters. The van der Waals surface area contributed by atoms with Gasteiger partial charge in [-0.15, -0.1) is 10.2 Å². The quantitative estimate of drug-likeness (QED) is 0.501. The number of carbonyl (C=O) groups excluding carboxylic acids is 1. The molecule has 0 spiro atoms. The van der Waals surface area contributed by atoms with Crippen molar-refractivity contribution in [3.05, 3.63) is 81.8 Å². The van der Waals surface area contributed by atoms with Gasteiger partial charge in [0, 0.05) is 5.69 Å². The van der Waals surface area contributed by atoms with Gasteiger partial charge < -0.3 is 5.32 Å². The summed E-state index contributed by atoms with van der Waals surface area (Å²) in [5.41, 5.74) is 2.85. The minimum Gasteiger partial charge on any atom is -0.325 e. The lowest BCUT2D eigenvalue weighted by molar-refractivity contribution is -0.113. The van der Waals surface area contributed by atoms with E-state index in [1.165, 1.54) is 5.56 Å². The molecule has 2 N–H and O–H groups in total. The molecule has 1 aromatic heterocycles. The number of benzene rings is 2. The Kier molecular flexibility index (Phi) is 7.97. The maximum atomic E-state index is 12.2. The van der Waals surface area contributed by atoms with Crippen molar-refractivity contribution in [2.24, 2.45) is 0 Å². The molecule has 30 heavy (non-hydrogen) atoms. The molecule has 6 nitrogen and oxygen atoms in total. The first-order chi connectivity index (χ1) is 14.6. The minimum absolute atomic E-state index is 0.126. The highest BCUT2D eigenvalue weighted by Gasteiger charge is 2.07. The van der Waals surface area contributed by atoms with Crippen LogP contribution in [0.25, 0.3) is 12.2 Å². The van der Waals surface area contributed by atoms with Gasteiger partial charge in [-0.1, -0.05) is 73.6 Å². The minimum atomic E-state index is -0.345. The van der Waals surface area contributed by atoms with E-state index in [0.29, 0.717) is 5.16 Å². The van der Waals surface area contributed by atoms with E-state index in [2.05, 4.69) is 27.4 Å². The molecule has 0 saturated carbocycles. The highest BCUT2D eigenvalue weighted by molar-refractivity contribution is 7.99. The number of aromatic nitrogens is 3. The van der Waals surface area contributed by atoms with Gasteiger partial charge in [0.15, 0.2) is 10.9 Å². The lowest BCUT2D eigenvalue weighted by atomic mass is 10.1. The number of nitrogens with one attached hydrogen (secondary N) is 2. The normalized spacial score (nSPS) is 11.0. The topological polar surface area (TPSA) is 87.7 Å². The summed E-state index contributed by atoms with van der Waals surface area (Å²) in [6, 6.07) is 17.5. The van der Waals surface area contributed by atoms with Gasteiger partial charge in [-0.2, -0.15) is 0 Å². The van der Waals surface area contributed by atoms with Gasteiger partial charge >= 0.3 is 0 Å². The van der Waals surface area contributed by atoms with E-state index in [9.17, 15) is 9.59 Å². The third-order valence-corrected chi connectivity index (χ3v) is 5.20. The van der Waals surface area contributed by atoms with Crippen molar-refractivity contribution >= 4 is 35.5 Å². The molecule has 2 aromatic carbocycles. The van der Waals surface area contributed by atoms with Gasteiger partial charge in [0.25, 0.3) is 5.56 Å². The smallest absolute Gasteiger partial charge is 0.277 e. The highest BCUT2D eigenvalue weighted by Crippen LogP contribution is 2.14. The summed E-state index contributed by atoms with van der Waals surface area (Å²) in [7, 11) is 0. The lowest BCUT2D eigenvalue weighted by Crippen LogP contribution is -2.17. The first-order valence-electron chi connectivity index (χ1n) is 9.86. The largest absolute Gasteiger partial charge is 0.325 e. The molecule has 0 unspecified atom stereocenters. The summed E-state index contributed by atoms with van der Waals surface area (Å²) in [4.78, 5) is 27.0. The number of aryl methyl sites for hydroxylation is 1. The van der Waals surface area contributed by atoms with Gasteiger partial charge in [0.05, 0.1) is 5.75 Å². The van der Waals surface area contributed by atoms with Crippen molar-refractivity contribution in [1.29, 1.82) is 0 Å². The van der Waals surface area contributed by atoms with E-state index in [-0.39, 0.29) is 22.9 Å². The van der Waals surface area contributed by atoms with E-state index in [1.54, 1.807) is 12.2 Å². The standard InChI is InChI=1S/C23H24N4O2S/c1-2-3-7-18-10-13-19(14-11-18)24-21(28)16-30-23-25-22(29)20(26-27-23)15-12-17-8-5-4-6-9-17/h4-6,8-15H,2-3,7,16H2,1H3,(H,24,28)(H,25,27,29)/b15-12+. The van der Waals surface area contributed by atoms with Crippen LogP contribution in [0.1, 0.15) is 36.6 Å². The van der Waals surface area contributed by atoms with Crippen LogP contribution in [0.2, 0.25) is 0 Å². The third-order valence-electron chi connectivity index (χ3n) is 4.33. The number of hydrogen-bond donors (Lipinski definition) is 2. The Hall–Kier alpha value is -3.19. The maximum Gasteiger partial charge on any atom is 0.277 e. The Morgan fingerprint density at radius 1 is 1.07 bits per heavy atom. The van der Waals surface area contributed by atoms with Gasteiger partial charge in [0.1, 0.15) is 0 Å². The number of aromatic amines is 1. The van der Waals surface area contributed by atoms with E-state index in [1.807, 2.05) is 54.6 Å². The summed E-state index contributed by atoms with van der Waals surface area (Å²) in [5, 5.41) is 11.1.